The molecule has 23 N–H and O–H groups in total. The molecule has 6 aliphatic heterocycles. The van der Waals surface area contributed by atoms with Gasteiger partial charge in [-0.3, -0.25) is 76.9 Å². The van der Waals surface area contributed by atoms with E-state index < -0.39 is 96.6 Å². The smallest absolute Gasteiger partial charge is 0.469 e. The highest BCUT2D eigenvalue weighted by Gasteiger charge is 2.36. The van der Waals surface area contributed by atoms with Gasteiger partial charge in [0.2, 0.25) is 11.8 Å². The topological polar surface area (TPSA) is 622 Å². The Bertz CT molecular complexity index is 3130. The van der Waals surface area contributed by atoms with Crippen molar-refractivity contribution in [3.63, 3.8) is 0 Å². The summed E-state index contributed by atoms with van der Waals surface area (Å²) >= 11 is 0. The Morgan fingerprint density at radius 3 is 1.14 bits per heavy atom. The maximum Gasteiger partial charge on any atom is 0.469 e. The molecule has 6 saturated heterocycles. The minimum absolute atomic E-state index is 0. The Balaban J connectivity index is -0.000000104. The van der Waals surface area contributed by atoms with Crippen LogP contribution in [0, 0.1) is 40.9 Å². The average molecular weight is 2070 g/mol. The molecule has 0 aliphatic carbocycles. The van der Waals surface area contributed by atoms with Crippen LogP contribution in [0.3, 0.4) is 0 Å². The van der Waals surface area contributed by atoms with Crippen LogP contribution in [0.4, 0.5) is 0 Å². The van der Waals surface area contributed by atoms with Crippen LogP contribution in [0.5, 0.6) is 0 Å². The van der Waals surface area contributed by atoms with Crippen LogP contribution in [0.1, 0.15) is 313 Å². The third-order valence-electron chi connectivity index (χ3n) is 20.2. The second-order valence-electron chi connectivity index (χ2n) is 40.5. The molecule has 41 nitrogen and oxygen atoms in total. The number of carboxylic acid groups (broad SMARTS) is 9. The van der Waals surface area contributed by atoms with Crippen molar-refractivity contribution < 1.29 is 127 Å². The van der Waals surface area contributed by atoms with Crippen molar-refractivity contribution >= 4 is 73.4 Å². The van der Waals surface area contributed by atoms with Gasteiger partial charge in [-0.25, -0.2) is 4.57 Å². The van der Waals surface area contributed by atoms with Gasteiger partial charge in [0, 0.05) is 138 Å². The average Bonchev–Trinajstić information content (AvgIpc) is 0.857. The number of carbonyl (C=O) groups excluding carboxylic acids is 2. The molecular weight excluding hydrogens is 1850 g/mol. The van der Waals surface area contributed by atoms with Crippen molar-refractivity contribution in [2.75, 3.05) is 138 Å². The van der Waals surface area contributed by atoms with E-state index >= 15 is 0 Å². The summed E-state index contributed by atoms with van der Waals surface area (Å²) in [6.45, 7) is 70.1. The number of rotatable bonds is 42. The first kappa shape index (κ1) is 165. The van der Waals surface area contributed by atoms with E-state index in [1.165, 1.54) is 6.92 Å². The van der Waals surface area contributed by atoms with Crippen LogP contribution in [0.15, 0.2) is 0 Å². The van der Waals surface area contributed by atoms with E-state index in [4.69, 9.17) is 77.1 Å². The number of hydrogen-bond acceptors (Lipinski definition) is 28. The molecule has 42 heteroatoms. The minimum Gasteiger partial charge on any atom is -0.481 e. The minimum atomic E-state index is -4.60. The lowest BCUT2D eigenvalue weighted by Gasteiger charge is -2.39. The molecule has 2 amide bonds. The molecule has 0 aromatic rings. The number of amides is 2. The number of hydrogen-bond donors (Lipinski definition) is 21. The second-order valence-corrected chi connectivity index (χ2v) is 41.7. The highest BCUT2D eigenvalue weighted by atomic mass is 31.2. The summed E-state index contributed by atoms with van der Waals surface area (Å²) in [5.41, 5.74) is 7.49. The third kappa shape index (κ3) is 96.9. The molecule has 2 atom stereocenters. The fraction of sp³-hybridized carbons (Fsp3) is 0.889. The molecular formula is C99H220N15O26P. The Morgan fingerprint density at radius 1 is 0.440 bits per heavy atom. The molecule has 6 fully saturated rings. The lowest BCUT2D eigenvalue weighted by Crippen LogP contribution is -2.60. The summed E-state index contributed by atoms with van der Waals surface area (Å²) in [5.74, 6) is -3.73. The summed E-state index contributed by atoms with van der Waals surface area (Å²) < 4.78 is 20.0. The van der Waals surface area contributed by atoms with Crippen molar-refractivity contribution in [2.24, 2.45) is 52.4 Å². The van der Waals surface area contributed by atoms with E-state index in [0.29, 0.717) is 79.3 Å². The Hall–Kier alpha value is -6.32. The number of nitrogens with one attached hydrogen (secondary N) is 7. The zero-order chi connectivity index (χ0) is 104. The number of nitrogens with two attached hydrogens (primary N) is 2. The Kier molecular flexibility index (Phi) is 100. The lowest BCUT2D eigenvalue weighted by atomic mass is 9.87. The molecule has 0 saturated carbocycles. The molecule has 852 valence electrons. The van der Waals surface area contributed by atoms with Crippen LogP contribution in [-0.2, 0) is 66.6 Å². The summed E-state index contributed by atoms with van der Waals surface area (Å²) in [5, 5.41) is 106. The molecule has 0 aromatic carbocycles. The number of ether oxygens (including phenoxy) is 1. The number of carbonyl (C=O) groups is 11. The molecule has 6 heterocycles. The van der Waals surface area contributed by atoms with Crippen molar-refractivity contribution in [3.8, 4) is 0 Å². The van der Waals surface area contributed by atoms with Gasteiger partial charge in [-0.1, -0.05) is 150 Å². The number of piperidine rings is 2. The predicted octanol–water partition coefficient (Wildman–Crippen LogP) is 11.1. The first-order valence-electron chi connectivity index (χ1n) is 46.4. The number of aliphatic hydroxyl groups is 1. The Morgan fingerprint density at radius 2 is 0.830 bits per heavy atom. The van der Waals surface area contributed by atoms with Gasteiger partial charge in [0.1, 0.15) is 17.1 Å². The number of carboxylic acids is 9. The zero-order valence-electron chi connectivity index (χ0n) is 85.6. The van der Waals surface area contributed by atoms with Crippen molar-refractivity contribution in [3.05, 3.63) is 0 Å². The number of likely N-dealkylation sites (tertiary alicyclic amines) is 6. The molecule has 0 spiro atoms. The van der Waals surface area contributed by atoms with Crippen LogP contribution in [0.25, 0.3) is 0 Å². The number of nitrogens with zero attached hydrogens (tertiary/aromatic N) is 6. The monoisotopic (exact) mass is 2070 g/mol. The standard InChI is InChI=1S/2C10H19NO2.C9H18N2O2.C9H17NO2.C8H16N2O2.C8H15NO3.2C8H17NO2.C7H17N2O5P.C7H15NO2.C6H14N2O2.9CH4/c1-8(2)9-3-5-11(6-4-9)7-10(12)13;1-8(2)11-5-3-9(4-6-11)7-10(12)13;1-7(2)10-3-8-4-11(5-8)6-9(12)13;1-7(2)4-10-5-8(6-10)3-9(11)12;1-6(2)9-7-3-10(4-7)5-8(11)12;1-6(2)12-7-3-9(4-7)5-8(10)11;1-6(2)9-5-8(3,4)7(10)11;1-6(2)9-8(3,4)5-7(10)11;1-5(2)9-6(10)7(3,8)4-14-15(11,12)13;1-5(2)8-7(3,4)6(9)10;1-4(2)8-6(10)5(7)3-9;;;;;;;;;/h2*8-9H,3-7H2,1-2H3,(H,12,13);7-8,10H,3-6H2,1-2H3,(H,12,13);7-8H,3-6H2,1-2H3,(H,11,12);6-7,9H,3-5H2,1-2H3,(H,11,12);6-7H,3-5H2,1-2H3,(H,10,11);2*6,9H,5H2,1-4H3,(H,10,11);5H,4,8H2,1-3H3,(H,9,10)(H2,11,12,13);5,8H,1-4H3,(H,9,10);4-5,9H,3,7H2,1-2H3,(H,8,10);9*1H4. The summed E-state index contributed by atoms with van der Waals surface area (Å²) in [6.07, 6.45) is 5.74. The third-order valence-corrected chi connectivity index (χ3v) is 20.6. The van der Waals surface area contributed by atoms with Crippen molar-refractivity contribution in [1.82, 2.24) is 66.6 Å². The highest BCUT2D eigenvalue weighted by molar-refractivity contribution is 7.46. The first-order valence-corrected chi connectivity index (χ1v) is 48.0. The fourth-order valence-electron chi connectivity index (χ4n) is 13.6. The number of aliphatic carboxylic acids is 9. The number of phosphoric ester groups is 1. The van der Waals surface area contributed by atoms with Gasteiger partial charge in [-0.05, 0) is 205 Å². The van der Waals surface area contributed by atoms with Gasteiger partial charge in [0.25, 0.3) is 0 Å². The number of aliphatic hydroxyl groups excluding tert-OH is 1. The fourth-order valence-corrected chi connectivity index (χ4v) is 14.1. The molecule has 2 unspecified atom stereocenters. The van der Waals surface area contributed by atoms with Crippen LogP contribution in [0.2, 0.25) is 0 Å². The van der Waals surface area contributed by atoms with E-state index in [-0.39, 0.29) is 148 Å². The van der Waals surface area contributed by atoms with Crippen molar-refractivity contribution in [1.29, 1.82) is 0 Å². The summed E-state index contributed by atoms with van der Waals surface area (Å²) in [4.78, 5) is 145. The van der Waals surface area contributed by atoms with Crippen LogP contribution >= 0.6 is 7.82 Å². The highest BCUT2D eigenvalue weighted by Crippen LogP contribution is 2.36. The lowest BCUT2D eigenvalue weighted by molar-refractivity contribution is -0.147. The van der Waals surface area contributed by atoms with Gasteiger partial charge in [0.05, 0.1) is 69.9 Å². The van der Waals surface area contributed by atoms with Crippen LogP contribution < -0.4 is 48.7 Å². The van der Waals surface area contributed by atoms with Gasteiger partial charge in [0.15, 0.2) is 0 Å². The molecule has 6 rings (SSSR count). The SMILES string of the molecule is C.C.C.C.C.C.C.C.C.CC(C)C1CCN(CC(=O)O)CC1.CC(C)CN1CC(CC(=O)O)C1.CC(C)N1CCC(CC(=O)O)CC1.CC(C)NC(=O)C(C)(N)COP(=O)(O)O.CC(C)NC(=O)C(N)CO.CC(C)NC(C)(C)C(=O)O.CC(C)NC(C)(C)CC(=O)O.CC(C)NC1CN(CC(=O)O)C1.CC(C)NCC(C)(C)C(=O)O.CC(C)NCC1CN(CC(=O)O)C1.CC(C)OC1CN(CC(=O)O)C1. The largest absolute Gasteiger partial charge is 0.481 e. The van der Waals surface area contributed by atoms with Crippen LogP contribution in [-0.4, -0.2) is 383 Å². The van der Waals surface area contributed by atoms with E-state index in [9.17, 15) is 57.3 Å². The summed E-state index contributed by atoms with van der Waals surface area (Å²) in [7, 11) is -4.60. The molecule has 141 heavy (non-hydrogen) atoms. The normalized spacial score (nSPS) is 16.0. The molecule has 6 aliphatic rings. The maximum absolute atomic E-state index is 11.4. The molecule has 0 radical (unpaired) electrons. The van der Waals surface area contributed by atoms with Gasteiger partial charge in [-0.15, -0.1) is 0 Å². The molecule has 0 bridgehead atoms. The zero-order valence-corrected chi connectivity index (χ0v) is 86.5. The van der Waals surface area contributed by atoms with Gasteiger partial charge in [-0.2, -0.15) is 0 Å². The quantitative estimate of drug-likeness (QED) is 0.0252. The van der Waals surface area contributed by atoms with Gasteiger partial charge >= 0.3 is 61.5 Å². The maximum atomic E-state index is 11.4. The first-order chi connectivity index (χ1) is 60.2. The second kappa shape index (κ2) is 85.7. The van der Waals surface area contributed by atoms with Crippen molar-refractivity contribution in [2.45, 2.75) is 402 Å². The molecule has 0 aromatic heterocycles. The van der Waals surface area contributed by atoms with Gasteiger partial charge < -0.3 is 124 Å². The van der Waals surface area contributed by atoms with E-state index in [1.807, 2.05) is 103 Å². The Labute approximate surface area is 855 Å². The summed E-state index contributed by atoms with van der Waals surface area (Å²) in [6, 6.07) is 2.15. The van der Waals surface area contributed by atoms with E-state index in [1.54, 1.807) is 41.5 Å². The van der Waals surface area contributed by atoms with E-state index in [0.717, 1.165) is 129 Å². The predicted molar refractivity (Wildman–Crippen MR) is 573 cm³/mol. The van der Waals surface area contributed by atoms with E-state index in [2.05, 4.69) is 121 Å². The number of phosphoric acid groups is 1.